The molecule has 0 fully saturated rings. The number of carbonyl (C=O) groups is 1. The van der Waals surface area contributed by atoms with Gasteiger partial charge in [-0.2, -0.15) is 5.10 Å². The largest absolute Gasteiger partial charge is 0.456 e. The van der Waals surface area contributed by atoms with Gasteiger partial charge in [0.25, 0.3) is 0 Å². The molecule has 0 amide bonds. The molecule has 2 aromatic rings. The van der Waals surface area contributed by atoms with E-state index in [-0.39, 0.29) is 11.9 Å². The van der Waals surface area contributed by atoms with Gasteiger partial charge in [-0.1, -0.05) is 12.1 Å². The van der Waals surface area contributed by atoms with Crippen LogP contribution in [-0.2, 0) is 0 Å². The molecular weight excluding hydrogens is 314 g/mol. The molecule has 0 saturated heterocycles. The number of hydrogen-bond acceptors (Lipinski definition) is 5. The number of Topliss-reactive ketones (excluding diaryl/α,β-unsaturated/α-hetero) is 1. The summed E-state index contributed by atoms with van der Waals surface area (Å²) in [4.78, 5) is 11.5. The molecule has 1 N–H and O–H groups in total. The number of rotatable bonds is 3. The molecule has 0 aromatic heterocycles. The Labute approximate surface area is 146 Å². The zero-order chi connectivity index (χ0) is 17.6. The molecule has 5 heteroatoms. The van der Waals surface area contributed by atoms with E-state index in [4.69, 9.17) is 4.74 Å². The van der Waals surface area contributed by atoms with Crippen molar-refractivity contribution in [2.24, 2.45) is 5.10 Å². The van der Waals surface area contributed by atoms with Crippen LogP contribution in [0.5, 0.6) is 5.75 Å². The number of fused-ring (bicyclic) bond motifs is 2. The van der Waals surface area contributed by atoms with Crippen LogP contribution in [0.2, 0.25) is 0 Å². The van der Waals surface area contributed by atoms with E-state index in [2.05, 4.69) is 10.4 Å². The molecule has 4 rings (SSSR count). The van der Waals surface area contributed by atoms with Gasteiger partial charge in [-0.05, 0) is 50.2 Å². The molecule has 0 saturated carbocycles. The molecule has 1 atom stereocenters. The first-order chi connectivity index (χ1) is 12.0. The fourth-order valence-corrected chi connectivity index (χ4v) is 3.27. The number of hydrazone groups is 1. The van der Waals surface area contributed by atoms with Crippen molar-refractivity contribution in [1.29, 1.82) is 0 Å². The van der Waals surface area contributed by atoms with Crippen molar-refractivity contribution in [2.45, 2.75) is 20.0 Å². The first-order valence-corrected chi connectivity index (χ1v) is 8.22. The molecule has 5 nitrogen and oxygen atoms in total. The van der Waals surface area contributed by atoms with Crippen LogP contribution in [0.1, 0.15) is 29.8 Å². The van der Waals surface area contributed by atoms with Crippen LogP contribution in [0.4, 0.5) is 5.69 Å². The predicted molar refractivity (Wildman–Crippen MR) is 98.7 cm³/mol. The lowest BCUT2D eigenvalue weighted by Gasteiger charge is -2.30. The number of likely N-dealkylation sites (N-methyl/N-ethyl adjacent to an activating group) is 1. The summed E-state index contributed by atoms with van der Waals surface area (Å²) in [5, 5.41) is 9.96. The Morgan fingerprint density at radius 3 is 2.60 bits per heavy atom. The van der Waals surface area contributed by atoms with Gasteiger partial charge in [-0.15, -0.1) is 0 Å². The van der Waals surface area contributed by atoms with Gasteiger partial charge in [0, 0.05) is 23.9 Å². The van der Waals surface area contributed by atoms with Crippen molar-refractivity contribution < 1.29 is 9.53 Å². The van der Waals surface area contributed by atoms with E-state index in [9.17, 15) is 4.79 Å². The van der Waals surface area contributed by atoms with Crippen LogP contribution in [-0.4, -0.2) is 29.7 Å². The zero-order valence-electron chi connectivity index (χ0n) is 14.4. The lowest BCUT2D eigenvalue weighted by atomic mass is 9.97. The summed E-state index contributed by atoms with van der Waals surface area (Å²) in [5.41, 5.74) is 4.67. The van der Waals surface area contributed by atoms with Gasteiger partial charge in [0.2, 0.25) is 0 Å². The maximum absolute atomic E-state index is 11.5. The highest BCUT2D eigenvalue weighted by atomic mass is 16.5. The third-order valence-electron chi connectivity index (χ3n) is 4.53. The molecule has 0 aliphatic carbocycles. The smallest absolute Gasteiger partial charge is 0.159 e. The monoisotopic (exact) mass is 333 g/mol. The van der Waals surface area contributed by atoms with Crippen LogP contribution in [0.3, 0.4) is 0 Å². The number of carbonyl (C=O) groups excluding carboxylic acids is 1. The number of anilines is 1. The first-order valence-electron chi connectivity index (χ1n) is 8.22. The van der Waals surface area contributed by atoms with Gasteiger partial charge < -0.3 is 10.1 Å². The van der Waals surface area contributed by atoms with Crippen molar-refractivity contribution in [3.8, 4) is 5.75 Å². The van der Waals surface area contributed by atoms with E-state index in [0.717, 1.165) is 28.3 Å². The summed E-state index contributed by atoms with van der Waals surface area (Å²) in [6.07, 6.45) is -0.0404. The maximum atomic E-state index is 11.5. The number of hydrogen-bond donors (Lipinski definition) is 1. The molecule has 0 spiro atoms. The van der Waals surface area contributed by atoms with Gasteiger partial charge in [-0.25, -0.2) is 0 Å². The summed E-state index contributed by atoms with van der Waals surface area (Å²) in [5.74, 6) is 1.55. The minimum Gasteiger partial charge on any atom is -0.456 e. The van der Waals surface area contributed by atoms with Crippen LogP contribution < -0.4 is 10.1 Å². The van der Waals surface area contributed by atoms with Crippen LogP contribution in [0.25, 0.3) is 5.76 Å². The maximum Gasteiger partial charge on any atom is 0.159 e. The highest BCUT2D eigenvalue weighted by molar-refractivity contribution is 6.08. The topological polar surface area (TPSA) is 53.9 Å². The number of nitrogens with one attached hydrogen (secondary N) is 1. The fourth-order valence-electron chi connectivity index (χ4n) is 3.27. The van der Waals surface area contributed by atoms with Gasteiger partial charge in [0.05, 0.1) is 11.3 Å². The molecule has 0 bridgehead atoms. The molecule has 0 radical (unpaired) electrons. The first kappa shape index (κ1) is 15.4. The van der Waals surface area contributed by atoms with E-state index < -0.39 is 0 Å². The standard InChI is InChI=1S/C20H19N3O2/c1-12-18-19(25-15-10-8-14(9-11-15)13(2)24)16-6-4-5-7-17(16)21-20(18)23(3)22-12/h4-11,20-21H,1-3H3. The van der Waals surface area contributed by atoms with Crippen LogP contribution >= 0.6 is 0 Å². The third-order valence-corrected chi connectivity index (χ3v) is 4.53. The Hall–Kier alpha value is -3.08. The third kappa shape index (κ3) is 2.58. The Balaban J connectivity index is 1.79. The highest BCUT2D eigenvalue weighted by Crippen LogP contribution is 2.39. The summed E-state index contributed by atoms with van der Waals surface area (Å²) in [6.45, 7) is 3.55. The predicted octanol–water partition coefficient (Wildman–Crippen LogP) is 3.75. The minimum absolute atomic E-state index is 0.0404. The average Bonchev–Trinajstić information content (AvgIpc) is 2.89. The molecule has 2 heterocycles. The second kappa shape index (κ2) is 5.77. The van der Waals surface area contributed by atoms with E-state index >= 15 is 0 Å². The average molecular weight is 333 g/mol. The summed E-state index contributed by atoms with van der Waals surface area (Å²) >= 11 is 0. The number of ketones is 1. The Kier molecular flexibility index (Phi) is 3.57. The summed E-state index contributed by atoms with van der Waals surface area (Å²) in [7, 11) is 1.95. The van der Waals surface area contributed by atoms with Crippen molar-refractivity contribution in [1.82, 2.24) is 5.01 Å². The number of ether oxygens (including phenoxy) is 1. The zero-order valence-corrected chi connectivity index (χ0v) is 14.4. The SMILES string of the molecule is CC(=O)c1ccc(OC2=C3C(C)=NN(C)C3Nc3ccccc32)cc1. The second-order valence-corrected chi connectivity index (χ2v) is 6.28. The normalized spacial score (nSPS) is 18.3. The fraction of sp³-hybridized carbons (Fsp3) is 0.200. The van der Waals surface area contributed by atoms with E-state index in [1.54, 1.807) is 19.1 Å². The van der Waals surface area contributed by atoms with Gasteiger partial charge in [0.15, 0.2) is 5.78 Å². The summed E-state index contributed by atoms with van der Waals surface area (Å²) < 4.78 is 6.27. The number of benzene rings is 2. The molecule has 1 unspecified atom stereocenters. The van der Waals surface area contributed by atoms with Crippen molar-refractivity contribution in [3.05, 3.63) is 65.2 Å². The molecular formula is C20H19N3O2. The summed E-state index contributed by atoms with van der Waals surface area (Å²) in [6, 6.07) is 15.3. The molecule has 2 aromatic carbocycles. The van der Waals surface area contributed by atoms with E-state index in [0.29, 0.717) is 11.3 Å². The highest BCUT2D eigenvalue weighted by Gasteiger charge is 2.36. The molecule has 126 valence electrons. The second-order valence-electron chi connectivity index (χ2n) is 6.28. The van der Waals surface area contributed by atoms with Crippen LogP contribution in [0.15, 0.2) is 59.2 Å². The Morgan fingerprint density at radius 1 is 1.16 bits per heavy atom. The lowest BCUT2D eigenvalue weighted by molar-refractivity contribution is 0.101. The Bertz CT molecular complexity index is 913. The molecule has 2 aliphatic rings. The lowest BCUT2D eigenvalue weighted by Crippen LogP contribution is -2.36. The van der Waals surface area contributed by atoms with Crippen molar-refractivity contribution in [2.75, 3.05) is 12.4 Å². The van der Waals surface area contributed by atoms with Gasteiger partial charge >= 0.3 is 0 Å². The van der Waals surface area contributed by atoms with Crippen LogP contribution in [0, 0.1) is 0 Å². The van der Waals surface area contributed by atoms with E-state index in [1.165, 1.54) is 0 Å². The van der Waals surface area contributed by atoms with Crippen molar-refractivity contribution >= 4 is 22.9 Å². The van der Waals surface area contributed by atoms with E-state index in [1.807, 2.05) is 55.4 Å². The number of nitrogens with zero attached hydrogens (tertiary/aromatic N) is 2. The quantitative estimate of drug-likeness (QED) is 0.869. The van der Waals surface area contributed by atoms with Gasteiger partial charge in [0.1, 0.15) is 17.7 Å². The van der Waals surface area contributed by atoms with Gasteiger partial charge in [-0.3, -0.25) is 9.80 Å². The number of para-hydroxylation sites is 1. The Morgan fingerprint density at radius 2 is 1.88 bits per heavy atom. The minimum atomic E-state index is -0.0404. The van der Waals surface area contributed by atoms with Crippen molar-refractivity contribution in [3.63, 3.8) is 0 Å². The molecule has 25 heavy (non-hydrogen) atoms. The molecule has 2 aliphatic heterocycles.